The first-order valence-corrected chi connectivity index (χ1v) is 10.6. The van der Waals surface area contributed by atoms with Crippen LogP contribution in [-0.4, -0.2) is 42.1 Å². The van der Waals surface area contributed by atoms with Crippen molar-refractivity contribution < 1.29 is 23.9 Å². The minimum Gasteiger partial charge on any atom is -0.467 e. The number of nitrogens with zero attached hydrogens (tertiary/aromatic N) is 1. The highest BCUT2D eigenvalue weighted by Crippen LogP contribution is 2.25. The summed E-state index contributed by atoms with van der Waals surface area (Å²) in [5.74, 6) is -0.953. The van der Waals surface area contributed by atoms with E-state index in [4.69, 9.17) is 9.47 Å². The number of carbonyl (C=O) groups excluding carboxylic acids is 3. The van der Waals surface area contributed by atoms with Gasteiger partial charge in [-0.05, 0) is 29.5 Å². The van der Waals surface area contributed by atoms with E-state index in [9.17, 15) is 14.4 Å². The van der Waals surface area contributed by atoms with Gasteiger partial charge in [-0.2, -0.15) is 0 Å². The second kappa shape index (κ2) is 11.1. The Kier molecular flexibility index (Phi) is 8.02. The average molecular weight is 437 g/mol. The molecule has 1 aliphatic heterocycles. The van der Waals surface area contributed by atoms with Crippen molar-refractivity contribution in [3.63, 3.8) is 0 Å². The highest BCUT2D eigenvalue weighted by atomic mass is 16.6. The summed E-state index contributed by atoms with van der Waals surface area (Å²) in [4.78, 5) is 39.7. The Morgan fingerprint density at radius 2 is 1.81 bits per heavy atom. The quantitative estimate of drug-likeness (QED) is 0.507. The van der Waals surface area contributed by atoms with Crippen LogP contribution in [0, 0.1) is 0 Å². The number of rotatable bonds is 8. The predicted octanol–water partition coefficient (Wildman–Crippen LogP) is 3.37. The van der Waals surface area contributed by atoms with Crippen molar-refractivity contribution in [1.29, 1.82) is 0 Å². The molecule has 2 aromatic rings. The van der Waals surface area contributed by atoms with Crippen LogP contribution in [0.15, 0.2) is 67.3 Å². The Hall–Kier alpha value is -3.61. The largest absolute Gasteiger partial charge is 0.467 e. The monoisotopic (exact) mass is 436 g/mol. The topological polar surface area (TPSA) is 84.9 Å². The van der Waals surface area contributed by atoms with Gasteiger partial charge in [-0.15, -0.1) is 6.58 Å². The van der Waals surface area contributed by atoms with Crippen LogP contribution in [0.4, 0.5) is 4.79 Å². The lowest BCUT2D eigenvalue weighted by molar-refractivity contribution is -0.146. The molecule has 0 aromatic heterocycles. The molecule has 0 spiro atoms. The number of amides is 2. The summed E-state index contributed by atoms with van der Waals surface area (Å²) in [5, 5.41) is 2.75. The first-order chi connectivity index (χ1) is 15.5. The van der Waals surface area contributed by atoms with E-state index in [1.54, 1.807) is 6.08 Å². The number of methoxy groups -OCH3 is 1. The number of hydrogen-bond acceptors (Lipinski definition) is 5. The molecule has 0 aliphatic carbocycles. The van der Waals surface area contributed by atoms with Crippen LogP contribution in [-0.2, 0) is 38.6 Å². The molecule has 2 amide bonds. The van der Waals surface area contributed by atoms with Gasteiger partial charge in [0.2, 0.25) is 5.91 Å². The first kappa shape index (κ1) is 23.1. The third kappa shape index (κ3) is 5.75. The van der Waals surface area contributed by atoms with Crippen molar-refractivity contribution in [3.05, 3.63) is 83.9 Å². The van der Waals surface area contributed by atoms with E-state index in [1.165, 1.54) is 12.0 Å². The summed E-state index contributed by atoms with van der Waals surface area (Å²) in [6.45, 7) is 4.01. The molecule has 7 nitrogen and oxygen atoms in total. The Morgan fingerprint density at radius 3 is 2.50 bits per heavy atom. The van der Waals surface area contributed by atoms with Gasteiger partial charge in [0.1, 0.15) is 18.7 Å². The van der Waals surface area contributed by atoms with Gasteiger partial charge in [-0.1, -0.05) is 60.7 Å². The molecule has 1 heterocycles. The number of carbonyl (C=O) groups is 3. The minimum absolute atomic E-state index is 0.107. The molecule has 0 unspecified atom stereocenters. The maximum atomic E-state index is 13.2. The summed E-state index contributed by atoms with van der Waals surface area (Å²) < 4.78 is 10.3. The molecule has 2 atom stereocenters. The summed E-state index contributed by atoms with van der Waals surface area (Å²) in [7, 11) is 1.28. The van der Waals surface area contributed by atoms with Gasteiger partial charge >= 0.3 is 12.1 Å². The first-order valence-electron chi connectivity index (χ1n) is 10.6. The Morgan fingerprint density at radius 1 is 1.12 bits per heavy atom. The summed E-state index contributed by atoms with van der Waals surface area (Å²) in [5.41, 5.74) is 2.80. The van der Waals surface area contributed by atoms with Crippen LogP contribution in [0.2, 0.25) is 0 Å². The van der Waals surface area contributed by atoms with Gasteiger partial charge in [-0.3, -0.25) is 9.69 Å². The lowest BCUT2D eigenvalue weighted by Gasteiger charge is -2.35. The molecule has 0 radical (unpaired) electrons. The van der Waals surface area contributed by atoms with E-state index in [0.717, 1.165) is 16.7 Å². The molecule has 0 saturated carbocycles. The fourth-order valence-corrected chi connectivity index (χ4v) is 3.69. The average Bonchev–Trinajstić information content (AvgIpc) is 2.84. The summed E-state index contributed by atoms with van der Waals surface area (Å²) in [6.07, 6.45) is 2.33. The molecule has 1 aliphatic rings. The lowest BCUT2D eigenvalue weighted by Crippen LogP contribution is -2.55. The van der Waals surface area contributed by atoms with E-state index >= 15 is 0 Å². The van der Waals surface area contributed by atoms with Crippen molar-refractivity contribution in [1.82, 2.24) is 10.2 Å². The van der Waals surface area contributed by atoms with Gasteiger partial charge < -0.3 is 14.8 Å². The maximum Gasteiger partial charge on any atom is 0.411 e. The smallest absolute Gasteiger partial charge is 0.411 e. The van der Waals surface area contributed by atoms with E-state index in [1.807, 2.05) is 54.6 Å². The molecule has 0 saturated heterocycles. The maximum absolute atomic E-state index is 13.2. The molecule has 3 rings (SSSR count). The van der Waals surface area contributed by atoms with Crippen LogP contribution < -0.4 is 5.32 Å². The number of fused-ring (bicyclic) bond motifs is 1. The van der Waals surface area contributed by atoms with Gasteiger partial charge in [0.25, 0.3) is 0 Å². The van der Waals surface area contributed by atoms with Crippen molar-refractivity contribution in [2.24, 2.45) is 0 Å². The second-order valence-electron chi connectivity index (χ2n) is 7.61. The molecular formula is C25H28N2O5. The van der Waals surface area contributed by atoms with Crippen LogP contribution in [0.3, 0.4) is 0 Å². The van der Waals surface area contributed by atoms with E-state index in [0.29, 0.717) is 19.3 Å². The molecule has 2 aromatic carbocycles. The van der Waals surface area contributed by atoms with Gasteiger partial charge in [0, 0.05) is 6.42 Å². The van der Waals surface area contributed by atoms with E-state index in [2.05, 4.69) is 11.9 Å². The fraction of sp³-hybridized carbons (Fsp3) is 0.320. The lowest BCUT2D eigenvalue weighted by atomic mass is 9.93. The second-order valence-corrected chi connectivity index (χ2v) is 7.61. The van der Waals surface area contributed by atoms with Crippen molar-refractivity contribution in [3.8, 4) is 0 Å². The SMILES string of the molecule is C=CCC[C@@H](NC(=O)[C@@H]1Cc2ccccc2CN1C(=O)OCc1ccccc1)C(=O)OC. The zero-order valence-electron chi connectivity index (χ0n) is 18.2. The molecule has 0 fully saturated rings. The molecule has 1 N–H and O–H groups in total. The molecule has 32 heavy (non-hydrogen) atoms. The highest BCUT2D eigenvalue weighted by Gasteiger charge is 2.37. The van der Waals surface area contributed by atoms with Crippen LogP contribution in [0.5, 0.6) is 0 Å². The van der Waals surface area contributed by atoms with Crippen LogP contribution in [0.25, 0.3) is 0 Å². The zero-order valence-corrected chi connectivity index (χ0v) is 18.2. The Labute approximate surface area is 188 Å². The molecule has 168 valence electrons. The Bertz CT molecular complexity index is 960. The van der Waals surface area contributed by atoms with Gasteiger partial charge in [0.15, 0.2) is 0 Å². The fourth-order valence-electron chi connectivity index (χ4n) is 3.69. The van der Waals surface area contributed by atoms with Crippen LogP contribution >= 0.6 is 0 Å². The third-order valence-corrected chi connectivity index (χ3v) is 5.45. The molecule has 0 bridgehead atoms. The number of nitrogens with one attached hydrogen (secondary N) is 1. The van der Waals surface area contributed by atoms with Crippen molar-refractivity contribution in [2.45, 2.75) is 44.5 Å². The normalized spacial score (nSPS) is 15.8. The van der Waals surface area contributed by atoms with Gasteiger partial charge in [0.05, 0.1) is 13.7 Å². The van der Waals surface area contributed by atoms with Crippen molar-refractivity contribution in [2.75, 3.05) is 7.11 Å². The number of allylic oxidation sites excluding steroid dienone is 1. The predicted molar refractivity (Wildman–Crippen MR) is 119 cm³/mol. The number of esters is 1. The number of ether oxygens (including phenoxy) is 2. The highest BCUT2D eigenvalue weighted by molar-refractivity contribution is 5.90. The number of hydrogen-bond donors (Lipinski definition) is 1. The van der Waals surface area contributed by atoms with E-state index < -0.39 is 30.1 Å². The third-order valence-electron chi connectivity index (χ3n) is 5.45. The van der Waals surface area contributed by atoms with Crippen LogP contribution in [0.1, 0.15) is 29.5 Å². The Balaban J connectivity index is 1.77. The van der Waals surface area contributed by atoms with Crippen molar-refractivity contribution >= 4 is 18.0 Å². The van der Waals surface area contributed by atoms with Gasteiger partial charge in [-0.25, -0.2) is 9.59 Å². The summed E-state index contributed by atoms with van der Waals surface area (Å²) >= 11 is 0. The zero-order chi connectivity index (χ0) is 22.9. The summed E-state index contributed by atoms with van der Waals surface area (Å²) in [6, 6.07) is 15.4. The number of benzene rings is 2. The molecule has 7 heteroatoms. The minimum atomic E-state index is -0.815. The molecular weight excluding hydrogens is 408 g/mol. The van der Waals surface area contributed by atoms with E-state index in [-0.39, 0.29) is 13.2 Å². The standard InChI is InChI=1S/C25H28N2O5/c1-3-4-14-21(24(29)31-2)26-23(28)22-15-19-12-8-9-13-20(19)16-27(22)25(30)32-17-18-10-6-5-7-11-18/h3,5-13,21-22H,1,4,14-17H2,2H3,(H,26,28)/t21-,22+/m1/s1.